The summed E-state index contributed by atoms with van der Waals surface area (Å²) < 4.78 is 4.26. The molecular weight excluding hydrogens is 353 g/mol. The Labute approximate surface area is 115 Å². The molecule has 6 nitrogen and oxygen atoms in total. The SMILES string of the molecule is O=C1CCn2c1cc1c(c2=O)COC(=O)[C@]1(O)I. The van der Waals surface area contributed by atoms with Gasteiger partial charge in [-0.15, -0.1) is 0 Å². The van der Waals surface area contributed by atoms with Crippen LogP contribution in [0.2, 0.25) is 0 Å². The van der Waals surface area contributed by atoms with Gasteiger partial charge in [-0.05, 0) is 28.7 Å². The number of carbonyl (C=O) groups excluding carboxylic acids is 2. The molecule has 0 saturated carbocycles. The standard InChI is InChI=1S/C11H8INO5/c12-11(17)6-3-7-8(14)1-2-13(7)9(15)5(6)4-18-10(11)16/h3,17H,1-2,4H2/t11-/m0/s1. The number of aliphatic hydroxyl groups is 1. The normalized spacial score (nSPS) is 25.7. The molecular formula is C11H8INO5. The van der Waals surface area contributed by atoms with Crippen LogP contribution in [0, 0.1) is 0 Å². The summed E-state index contributed by atoms with van der Waals surface area (Å²) in [6.07, 6.45) is 0.270. The van der Waals surface area contributed by atoms with E-state index < -0.39 is 9.58 Å². The maximum atomic E-state index is 12.2. The lowest BCUT2D eigenvalue weighted by molar-refractivity contribution is -0.159. The van der Waals surface area contributed by atoms with Crippen molar-refractivity contribution in [3.05, 3.63) is 33.2 Å². The fraction of sp³-hybridized carbons (Fsp3) is 0.364. The Kier molecular flexibility index (Phi) is 2.39. The molecule has 0 saturated heterocycles. The van der Waals surface area contributed by atoms with Gasteiger partial charge in [-0.3, -0.25) is 9.59 Å². The quantitative estimate of drug-likeness (QED) is 0.402. The van der Waals surface area contributed by atoms with Crippen LogP contribution in [-0.4, -0.2) is 21.4 Å². The molecule has 3 rings (SSSR count). The zero-order valence-corrected chi connectivity index (χ0v) is 11.3. The van der Waals surface area contributed by atoms with Crippen molar-refractivity contribution in [3.63, 3.8) is 0 Å². The summed E-state index contributed by atoms with van der Waals surface area (Å²) in [5, 5.41) is 10.1. The predicted molar refractivity (Wildman–Crippen MR) is 67.4 cm³/mol. The molecule has 0 radical (unpaired) electrons. The molecule has 0 unspecified atom stereocenters. The highest BCUT2D eigenvalue weighted by Gasteiger charge is 2.44. The van der Waals surface area contributed by atoms with Crippen molar-refractivity contribution in [3.8, 4) is 0 Å². The number of Topliss-reactive ketones (excluding diaryl/α,β-unsaturated/α-hetero) is 1. The Morgan fingerprint density at radius 3 is 2.83 bits per heavy atom. The van der Waals surface area contributed by atoms with Crippen molar-refractivity contribution in [1.82, 2.24) is 4.57 Å². The van der Waals surface area contributed by atoms with Crippen molar-refractivity contribution < 1.29 is 19.4 Å². The van der Waals surface area contributed by atoms with Gasteiger partial charge >= 0.3 is 5.97 Å². The number of hydrogen-bond donors (Lipinski definition) is 1. The van der Waals surface area contributed by atoms with Gasteiger partial charge in [0.05, 0.1) is 11.3 Å². The van der Waals surface area contributed by atoms with Crippen LogP contribution in [0.3, 0.4) is 0 Å². The lowest BCUT2D eigenvalue weighted by Crippen LogP contribution is -2.40. The number of cyclic esters (lactones) is 1. The van der Waals surface area contributed by atoms with Crippen LogP contribution >= 0.6 is 22.6 Å². The van der Waals surface area contributed by atoms with E-state index in [9.17, 15) is 19.5 Å². The zero-order chi connectivity index (χ0) is 13.1. The van der Waals surface area contributed by atoms with Gasteiger partial charge in [-0.1, -0.05) is 0 Å². The number of fused-ring (bicyclic) bond motifs is 2. The van der Waals surface area contributed by atoms with Gasteiger partial charge < -0.3 is 14.4 Å². The molecule has 0 aromatic carbocycles. The molecule has 0 aliphatic carbocycles. The number of carbonyl (C=O) groups is 2. The summed E-state index contributed by atoms with van der Waals surface area (Å²) >= 11 is 1.52. The van der Waals surface area contributed by atoms with Gasteiger partial charge in [0.2, 0.25) is 3.61 Å². The van der Waals surface area contributed by atoms with E-state index in [1.165, 1.54) is 33.2 Å². The molecule has 2 aliphatic rings. The van der Waals surface area contributed by atoms with E-state index in [1.807, 2.05) is 0 Å². The first-order valence-corrected chi connectivity index (χ1v) is 6.39. The lowest BCUT2D eigenvalue weighted by Gasteiger charge is -2.27. The molecule has 1 atom stereocenters. The Morgan fingerprint density at radius 2 is 2.11 bits per heavy atom. The second kappa shape index (κ2) is 3.64. The number of pyridine rings is 1. The van der Waals surface area contributed by atoms with E-state index in [0.717, 1.165) is 0 Å². The molecule has 18 heavy (non-hydrogen) atoms. The smallest absolute Gasteiger partial charge is 0.353 e. The zero-order valence-electron chi connectivity index (χ0n) is 9.10. The summed E-state index contributed by atoms with van der Waals surface area (Å²) in [6, 6.07) is 1.43. The minimum absolute atomic E-state index is 0.152. The monoisotopic (exact) mass is 361 g/mol. The third-order valence-electron chi connectivity index (χ3n) is 3.22. The molecule has 7 heteroatoms. The minimum Gasteiger partial charge on any atom is -0.458 e. The maximum absolute atomic E-state index is 12.2. The fourth-order valence-corrected chi connectivity index (χ4v) is 2.90. The summed E-state index contributed by atoms with van der Waals surface area (Å²) in [7, 11) is 0. The van der Waals surface area contributed by atoms with E-state index in [-0.39, 0.29) is 41.2 Å². The van der Waals surface area contributed by atoms with Crippen LogP contribution in [0.15, 0.2) is 10.9 Å². The van der Waals surface area contributed by atoms with Crippen molar-refractivity contribution in [2.45, 2.75) is 23.2 Å². The van der Waals surface area contributed by atoms with Crippen LogP contribution in [0.4, 0.5) is 0 Å². The lowest BCUT2D eigenvalue weighted by atomic mass is 10.0. The number of esters is 1. The van der Waals surface area contributed by atoms with Gasteiger partial charge in [-0.25, -0.2) is 4.79 Å². The van der Waals surface area contributed by atoms with Crippen molar-refractivity contribution in [2.24, 2.45) is 0 Å². The third-order valence-corrected chi connectivity index (χ3v) is 4.24. The average molecular weight is 361 g/mol. The fourth-order valence-electron chi connectivity index (χ4n) is 2.26. The Balaban J connectivity index is 2.35. The highest BCUT2D eigenvalue weighted by Crippen LogP contribution is 2.36. The Bertz CT molecular complexity index is 646. The maximum Gasteiger partial charge on any atom is 0.353 e. The number of hydrogen-bond acceptors (Lipinski definition) is 5. The molecule has 0 amide bonds. The third kappa shape index (κ3) is 1.40. The summed E-state index contributed by atoms with van der Waals surface area (Å²) in [5.74, 6) is -0.966. The summed E-state index contributed by atoms with van der Waals surface area (Å²) in [4.78, 5) is 35.3. The second-order valence-electron chi connectivity index (χ2n) is 4.25. The number of nitrogens with zero attached hydrogens (tertiary/aromatic N) is 1. The number of alkyl halides is 1. The van der Waals surface area contributed by atoms with Crippen LogP contribution in [0.25, 0.3) is 0 Å². The number of aromatic nitrogens is 1. The largest absolute Gasteiger partial charge is 0.458 e. The van der Waals surface area contributed by atoms with E-state index in [0.29, 0.717) is 6.54 Å². The number of ether oxygens (including phenoxy) is 1. The minimum atomic E-state index is -1.90. The molecule has 0 bridgehead atoms. The molecule has 3 heterocycles. The van der Waals surface area contributed by atoms with Crippen molar-refractivity contribution >= 4 is 34.3 Å². The second-order valence-corrected chi connectivity index (χ2v) is 5.81. The van der Waals surface area contributed by atoms with Gasteiger partial charge in [-0.2, -0.15) is 0 Å². The van der Waals surface area contributed by atoms with Crippen LogP contribution in [0.1, 0.15) is 28.0 Å². The molecule has 1 aromatic heterocycles. The van der Waals surface area contributed by atoms with Gasteiger partial charge in [0, 0.05) is 18.5 Å². The van der Waals surface area contributed by atoms with Gasteiger partial charge in [0.1, 0.15) is 6.61 Å². The molecule has 1 aromatic rings. The summed E-state index contributed by atoms with van der Waals surface area (Å²) in [5.41, 5.74) is 0.301. The van der Waals surface area contributed by atoms with Gasteiger partial charge in [0.15, 0.2) is 5.78 Å². The predicted octanol–water partition coefficient (Wildman–Crippen LogP) is 0.0716. The number of rotatable bonds is 0. The molecule has 94 valence electrons. The molecule has 0 spiro atoms. The van der Waals surface area contributed by atoms with E-state index in [2.05, 4.69) is 0 Å². The van der Waals surface area contributed by atoms with Crippen LogP contribution in [-0.2, 0) is 26.3 Å². The first-order valence-electron chi connectivity index (χ1n) is 5.32. The first-order chi connectivity index (χ1) is 8.43. The first kappa shape index (κ1) is 11.8. The van der Waals surface area contributed by atoms with Crippen molar-refractivity contribution in [1.29, 1.82) is 0 Å². The Morgan fingerprint density at radius 1 is 1.39 bits per heavy atom. The molecule has 1 N–H and O–H groups in total. The summed E-state index contributed by atoms with van der Waals surface area (Å²) in [6.45, 7) is 0.181. The molecule has 2 aliphatic heterocycles. The van der Waals surface area contributed by atoms with Crippen molar-refractivity contribution in [2.75, 3.05) is 0 Å². The van der Waals surface area contributed by atoms with Crippen LogP contribution < -0.4 is 5.56 Å². The van der Waals surface area contributed by atoms with E-state index in [4.69, 9.17) is 4.74 Å². The Hall–Kier alpha value is -1.22. The highest BCUT2D eigenvalue weighted by molar-refractivity contribution is 14.1. The average Bonchev–Trinajstić information content (AvgIpc) is 2.68. The highest BCUT2D eigenvalue weighted by atomic mass is 127. The number of ketones is 1. The van der Waals surface area contributed by atoms with E-state index >= 15 is 0 Å². The van der Waals surface area contributed by atoms with Crippen LogP contribution in [0.5, 0.6) is 0 Å². The van der Waals surface area contributed by atoms with Gasteiger partial charge in [0.25, 0.3) is 5.56 Å². The topological polar surface area (TPSA) is 85.6 Å². The number of halogens is 1. The van der Waals surface area contributed by atoms with E-state index in [1.54, 1.807) is 0 Å². The molecule has 0 fully saturated rings.